The summed E-state index contributed by atoms with van der Waals surface area (Å²) in [6, 6.07) is 14.6. The Hall–Kier alpha value is -2.00. The number of anilines is 1. The van der Waals surface area contributed by atoms with Gasteiger partial charge < -0.3 is 15.4 Å². The molecule has 0 amide bonds. The van der Waals surface area contributed by atoms with Crippen molar-refractivity contribution in [3.05, 3.63) is 59.2 Å². The number of nitrogens with zero attached hydrogens (tertiary/aromatic N) is 1. The van der Waals surface area contributed by atoms with Gasteiger partial charge in [0.2, 0.25) is 0 Å². The number of hydrogen-bond donors (Lipinski definition) is 1. The molecule has 3 heteroatoms. The minimum atomic E-state index is 0.589. The number of benzene rings is 2. The van der Waals surface area contributed by atoms with Crippen molar-refractivity contribution in [1.82, 2.24) is 0 Å². The van der Waals surface area contributed by atoms with Crippen molar-refractivity contribution in [3.63, 3.8) is 0 Å². The van der Waals surface area contributed by atoms with Crippen LogP contribution in [0.15, 0.2) is 42.5 Å². The maximum atomic E-state index is 5.70. The normalized spacial score (nSPS) is 10.4. The number of methoxy groups -OCH3 is 1. The van der Waals surface area contributed by atoms with Gasteiger partial charge in [-0.1, -0.05) is 18.2 Å². The molecule has 0 aliphatic rings. The molecule has 2 rings (SSSR count). The quantitative estimate of drug-likeness (QED) is 0.907. The first kappa shape index (κ1) is 14.4. The summed E-state index contributed by atoms with van der Waals surface area (Å²) in [5, 5.41) is 0. The number of rotatable bonds is 5. The topological polar surface area (TPSA) is 38.5 Å². The maximum absolute atomic E-state index is 5.70. The summed E-state index contributed by atoms with van der Waals surface area (Å²) >= 11 is 0. The summed E-state index contributed by atoms with van der Waals surface area (Å²) < 4.78 is 5.26. The predicted molar refractivity (Wildman–Crippen MR) is 84.2 cm³/mol. The Bertz CT molecular complexity index is 581. The summed E-state index contributed by atoms with van der Waals surface area (Å²) in [6.45, 7) is 3.54. The van der Waals surface area contributed by atoms with E-state index in [2.05, 4.69) is 49.2 Å². The van der Waals surface area contributed by atoms with Crippen LogP contribution < -0.4 is 15.4 Å². The molecule has 0 unspecified atom stereocenters. The number of aryl methyl sites for hydroxylation is 1. The summed E-state index contributed by atoms with van der Waals surface area (Å²) in [5.41, 5.74) is 10.6. The average Bonchev–Trinajstić information content (AvgIpc) is 2.47. The summed E-state index contributed by atoms with van der Waals surface area (Å²) in [6.07, 6.45) is 0. The SMILES string of the molecule is COc1cccc(CN(C)c2ccc(CN)c(C)c2)c1. The molecule has 0 fully saturated rings. The molecule has 0 radical (unpaired) electrons. The largest absolute Gasteiger partial charge is 0.497 e. The zero-order valence-corrected chi connectivity index (χ0v) is 12.4. The van der Waals surface area contributed by atoms with Crippen molar-refractivity contribution in [1.29, 1.82) is 0 Å². The van der Waals surface area contributed by atoms with Gasteiger partial charge in [-0.05, 0) is 47.9 Å². The van der Waals surface area contributed by atoms with E-state index in [-0.39, 0.29) is 0 Å². The van der Waals surface area contributed by atoms with Crippen LogP contribution in [0.1, 0.15) is 16.7 Å². The van der Waals surface area contributed by atoms with Gasteiger partial charge in [0.1, 0.15) is 5.75 Å². The van der Waals surface area contributed by atoms with Crippen LogP contribution in [-0.4, -0.2) is 14.2 Å². The first-order chi connectivity index (χ1) is 9.63. The number of nitrogens with two attached hydrogens (primary N) is 1. The first-order valence-electron chi connectivity index (χ1n) is 6.77. The minimum Gasteiger partial charge on any atom is -0.497 e. The molecule has 0 saturated heterocycles. The van der Waals surface area contributed by atoms with E-state index in [1.807, 2.05) is 12.1 Å². The standard InChI is InChI=1S/C17H22N2O/c1-13-9-16(8-7-15(13)11-18)19(2)12-14-5-4-6-17(10-14)20-3/h4-10H,11-12,18H2,1-3H3. The van der Waals surface area contributed by atoms with E-state index in [4.69, 9.17) is 10.5 Å². The van der Waals surface area contributed by atoms with Gasteiger partial charge in [0.25, 0.3) is 0 Å². The van der Waals surface area contributed by atoms with Crippen LogP contribution in [-0.2, 0) is 13.1 Å². The molecule has 2 N–H and O–H groups in total. The Morgan fingerprint density at radius 1 is 1.15 bits per heavy atom. The minimum absolute atomic E-state index is 0.589. The molecule has 2 aromatic rings. The van der Waals surface area contributed by atoms with E-state index >= 15 is 0 Å². The summed E-state index contributed by atoms with van der Waals surface area (Å²) in [5.74, 6) is 0.894. The van der Waals surface area contributed by atoms with Crippen molar-refractivity contribution >= 4 is 5.69 Å². The van der Waals surface area contributed by atoms with Gasteiger partial charge in [0, 0.05) is 25.8 Å². The van der Waals surface area contributed by atoms with E-state index in [0.717, 1.165) is 12.3 Å². The highest BCUT2D eigenvalue weighted by atomic mass is 16.5. The Morgan fingerprint density at radius 3 is 2.60 bits per heavy atom. The van der Waals surface area contributed by atoms with Gasteiger partial charge in [-0.2, -0.15) is 0 Å². The molecule has 0 spiro atoms. The van der Waals surface area contributed by atoms with Crippen LogP contribution >= 0.6 is 0 Å². The zero-order chi connectivity index (χ0) is 14.5. The van der Waals surface area contributed by atoms with Crippen molar-refractivity contribution < 1.29 is 4.74 Å². The molecule has 2 aromatic carbocycles. The number of hydrogen-bond acceptors (Lipinski definition) is 3. The van der Waals surface area contributed by atoms with Gasteiger partial charge in [-0.3, -0.25) is 0 Å². The highest BCUT2D eigenvalue weighted by molar-refractivity contribution is 5.50. The van der Waals surface area contributed by atoms with Gasteiger partial charge in [0.15, 0.2) is 0 Å². The fourth-order valence-electron chi connectivity index (χ4n) is 2.28. The second kappa shape index (κ2) is 6.44. The van der Waals surface area contributed by atoms with E-state index in [1.54, 1.807) is 7.11 Å². The van der Waals surface area contributed by atoms with E-state index in [1.165, 1.54) is 22.4 Å². The van der Waals surface area contributed by atoms with Crippen LogP contribution in [0.25, 0.3) is 0 Å². The second-order valence-electron chi connectivity index (χ2n) is 5.02. The molecule has 106 valence electrons. The third-order valence-electron chi connectivity index (χ3n) is 3.54. The Balaban J connectivity index is 2.14. The molecule has 20 heavy (non-hydrogen) atoms. The lowest BCUT2D eigenvalue weighted by atomic mass is 10.1. The number of ether oxygens (including phenoxy) is 1. The fourth-order valence-corrected chi connectivity index (χ4v) is 2.28. The molecule has 0 saturated carbocycles. The smallest absolute Gasteiger partial charge is 0.119 e. The van der Waals surface area contributed by atoms with Crippen molar-refractivity contribution in [3.8, 4) is 5.75 Å². The highest BCUT2D eigenvalue weighted by Crippen LogP contribution is 2.21. The average molecular weight is 270 g/mol. The first-order valence-corrected chi connectivity index (χ1v) is 6.77. The van der Waals surface area contributed by atoms with E-state index in [9.17, 15) is 0 Å². The van der Waals surface area contributed by atoms with Crippen molar-refractivity contribution in [2.24, 2.45) is 5.73 Å². The lowest BCUT2D eigenvalue weighted by Crippen LogP contribution is -2.16. The van der Waals surface area contributed by atoms with Crippen LogP contribution in [0.4, 0.5) is 5.69 Å². The van der Waals surface area contributed by atoms with Crippen LogP contribution in [0.5, 0.6) is 5.75 Å². The molecular formula is C17H22N2O. The molecule has 3 nitrogen and oxygen atoms in total. The van der Waals surface area contributed by atoms with Crippen molar-refractivity contribution in [2.75, 3.05) is 19.1 Å². The van der Waals surface area contributed by atoms with Gasteiger partial charge in [-0.25, -0.2) is 0 Å². The molecule has 0 heterocycles. The van der Waals surface area contributed by atoms with Gasteiger partial charge in [-0.15, -0.1) is 0 Å². The Morgan fingerprint density at radius 2 is 1.95 bits per heavy atom. The van der Waals surface area contributed by atoms with Crippen LogP contribution in [0, 0.1) is 6.92 Å². The molecule has 0 bridgehead atoms. The fraction of sp³-hybridized carbons (Fsp3) is 0.294. The molecule has 0 atom stereocenters. The summed E-state index contributed by atoms with van der Waals surface area (Å²) in [7, 11) is 3.79. The Labute approximate surface area is 121 Å². The Kier molecular flexibility index (Phi) is 4.64. The van der Waals surface area contributed by atoms with Gasteiger partial charge in [0.05, 0.1) is 7.11 Å². The monoisotopic (exact) mass is 270 g/mol. The molecular weight excluding hydrogens is 248 g/mol. The summed E-state index contributed by atoms with van der Waals surface area (Å²) in [4.78, 5) is 2.22. The van der Waals surface area contributed by atoms with E-state index in [0.29, 0.717) is 6.54 Å². The second-order valence-corrected chi connectivity index (χ2v) is 5.02. The highest BCUT2D eigenvalue weighted by Gasteiger charge is 2.05. The van der Waals surface area contributed by atoms with Crippen LogP contribution in [0.2, 0.25) is 0 Å². The lowest BCUT2D eigenvalue weighted by molar-refractivity contribution is 0.414. The van der Waals surface area contributed by atoms with Gasteiger partial charge >= 0.3 is 0 Å². The van der Waals surface area contributed by atoms with Crippen LogP contribution in [0.3, 0.4) is 0 Å². The lowest BCUT2D eigenvalue weighted by Gasteiger charge is -2.21. The third kappa shape index (κ3) is 3.31. The van der Waals surface area contributed by atoms with E-state index < -0.39 is 0 Å². The predicted octanol–water partition coefficient (Wildman–Crippen LogP) is 3.10. The molecule has 0 aromatic heterocycles. The maximum Gasteiger partial charge on any atom is 0.119 e. The molecule has 0 aliphatic heterocycles. The van der Waals surface area contributed by atoms with Crippen molar-refractivity contribution in [2.45, 2.75) is 20.0 Å². The third-order valence-corrected chi connectivity index (χ3v) is 3.54. The molecule has 0 aliphatic carbocycles. The zero-order valence-electron chi connectivity index (χ0n) is 12.4.